The Morgan fingerprint density at radius 3 is 2.94 bits per heavy atom. The second-order valence-corrected chi connectivity index (χ2v) is 6.56. The summed E-state index contributed by atoms with van der Waals surface area (Å²) in [5.74, 6) is 0.602. The van der Waals surface area contributed by atoms with Gasteiger partial charge in [0.1, 0.15) is 0 Å². The second-order valence-electron chi connectivity index (χ2n) is 4.22. The van der Waals surface area contributed by atoms with E-state index in [1.165, 1.54) is 0 Å². The summed E-state index contributed by atoms with van der Waals surface area (Å²) >= 11 is 5.20. The van der Waals surface area contributed by atoms with Gasteiger partial charge in [-0.3, -0.25) is 4.79 Å². The first-order valence-corrected chi connectivity index (χ1v) is 7.07. The molecular weight excluding hydrogens is 288 g/mol. The smallest absolute Gasteiger partial charge is 0.219 e. The normalized spacial score (nSPS) is 21.2. The third-order valence-electron chi connectivity index (χ3n) is 2.97. The molecule has 88 valence electrons. The fraction of sp³-hybridized carbons (Fsp3) is 0.636. The zero-order chi connectivity index (χ0) is 11.7. The summed E-state index contributed by atoms with van der Waals surface area (Å²) in [6.45, 7) is 5.38. The molecule has 1 aromatic rings. The number of amides is 1. The summed E-state index contributed by atoms with van der Waals surface area (Å²) in [7, 11) is 0. The fourth-order valence-corrected chi connectivity index (χ4v) is 3.54. The number of carbonyl (C=O) groups excluding carboxylic acids is 1. The Bertz CT molecular complexity index is 385. The van der Waals surface area contributed by atoms with E-state index in [1.807, 2.05) is 11.8 Å². The van der Waals surface area contributed by atoms with Crippen LogP contribution in [0.15, 0.2) is 3.79 Å². The van der Waals surface area contributed by atoms with E-state index in [0.29, 0.717) is 5.92 Å². The molecule has 0 radical (unpaired) electrons. The Labute approximate surface area is 108 Å². The largest absolute Gasteiger partial charge is 0.342 e. The summed E-state index contributed by atoms with van der Waals surface area (Å²) in [6.07, 6.45) is 2.23. The number of halogens is 1. The molecule has 0 aliphatic carbocycles. The molecule has 1 aromatic heterocycles. The molecule has 1 atom stereocenters. The maximum absolute atomic E-state index is 11.3. The van der Waals surface area contributed by atoms with Gasteiger partial charge in [0.05, 0.1) is 14.5 Å². The minimum absolute atomic E-state index is 0.178. The van der Waals surface area contributed by atoms with E-state index in [1.54, 1.807) is 18.3 Å². The number of thiazole rings is 1. The van der Waals surface area contributed by atoms with Crippen molar-refractivity contribution in [3.63, 3.8) is 0 Å². The average molecular weight is 303 g/mol. The molecule has 1 aliphatic rings. The van der Waals surface area contributed by atoms with Crippen LogP contribution in [0, 0.1) is 6.92 Å². The van der Waals surface area contributed by atoms with Crippen LogP contribution >= 0.6 is 27.3 Å². The topological polar surface area (TPSA) is 33.2 Å². The first-order valence-electron chi connectivity index (χ1n) is 5.46. The number of aromatic nitrogens is 1. The summed E-state index contributed by atoms with van der Waals surface area (Å²) in [4.78, 5) is 17.8. The van der Waals surface area contributed by atoms with Crippen LogP contribution in [0.2, 0.25) is 0 Å². The van der Waals surface area contributed by atoms with Gasteiger partial charge in [-0.15, -0.1) is 11.3 Å². The molecule has 0 N–H and O–H groups in total. The van der Waals surface area contributed by atoms with Crippen molar-refractivity contribution < 1.29 is 4.79 Å². The van der Waals surface area contributed by atoms with Crippen molar-refractivity contribution in [2.24, 2.45) is 0 Å². The molecule has 2 rings (SSSR count). The minimum Gasteiger partial charge on any atom is -0.342 e. The Kier molecular flexibility index (Phi) is 3.64. The average Bonchev–Trinajstić information content (AvgIpc) is 2.59. The maximum atomic E-state index is 11.3. The van der Waals surface area contributed by atoms with Crippen LogP contribution in [0.25, 0.3) is 0 Å². The van der Waals surface area contributed by atoms with Crippen LogP contribution < -0.4 is 0 Å². The standard InChI is InChI=1S/C11H15BrN2OS/c1-7-10(12)16-11(13-7)9-4-3-5-14(6-9)8(2)15/h9H,3-6H2,1-2H3/t9-/m0/s1. The van der Waals surface area contributed by atoms with Crippen LogP contribution in [0.4, 0.5) is 0 Å². The number of hydrogen-bond acceptors (Lipinski definition) is 3. The molecule has 0 aromatic carbocycles. The van der Waals surface area contributed by atoms with E-state index in [0.717, 1.165) is 40.4 Å². The van der Waals surface area contributed by atoms with Crippen LogP contribution in [0.3, 0.4) is 0 Å². The van der Waals surface area contributed by atoms with Gasteiger partial charge in [-0.25, -0.2) is 4.98 Å². The van der Waals surface area contributed by atoms with Crippen molar-refractivity contribution in [2.75, 3.05) is 13.1 Å². The van der Waals surface area contributed by atoms with Gasteiger partial charge in [-0.2, -0.15) is 0 Å². The molecular formula is C11H15BrN2OS. The van der Waals surface area contributed by atoms with E-state index in [-0.39, 0.29) is 5.91 Å². The lowest BCUT2D eigenvalue weighted by atomic mass is 9.99. The molecule has 16 heavy (non-hydrogen) atoms. The lowest BCUT2D eigenvalue weighted by Crippen LogP contribution is -2.37. The zero-order valence-electron chi connectivity index (χ0n) is 9.49. The maximum Gasteiger partial charge on any atom is 0.219 e. The number of aryl methyl sites for hydroxylation is 1. The summed E-state index contributed by atoms with van der Waals surface area (Å²) in [5.41, 5.74) is 1.06. The lowest BCUT2D eigenvalue weighted by Gasteiger charge is -2.30. The first-order chi connectivity index (χ1) is 7.58. The van der Waals surface area contributed by atoms with Crippen molar-refractivity contribution in [3.8, 4) is 0 Å². The Morgan fingerprint density at radius 1 is 1.62 bits per heavy atom. The van der Waals surface area contributed by atoms with Crippen LogP contribution in [-0.2, 0) is 4.79 Å². The quantitative estimate of drug-likeness (QED) is 0.799. The highest BCUT2D eigenvalue weighted by Crippen LogP contribution is 2.33. The second kappa shape index (κ2) is 4.84. The zero-order valence-corrected chi connectivity index (χ0v) is 11.9. The molecule has 0 saturated carbocycles. The van der Waals surface area contributed by atoms with Gasteiger partial charge >= 0.3 is 0 Å². The van der Waals surface area contributed by atoms with Crippen LogP contribution in [-0.4, -0.2) is 28.9 Å². The molecule has 1 aliphatic heterocycles. The molecule has 0 spiro atoms. The lowest BCUT2D eigenvalue weighted by molar-refractivity contribution is -0.130. The summed E-state index contributed by atoms with van der Waals surface area (Å²) in [6, 6.07) is 0. The highest BCUT2D eigenvalue weighted by molar-refractivity contribution is 9.11. The Balaban J connectivity index is 2.12. The number of rotatable bonds is 1. The van der Waals surface area contributed by atoms with Crippen LogP contribution in [0.5, 0.6) is 0 Å². The Morgan fingerprint density at radius 2 is 2.38 bits per heavy atom. The fourth-order valence-electron chi connectivity index (χ4n) is 2.04. The molecule has 3 nitrogen and oxygen atoms in total. The van der Waals surface area contributed by atoms with E-state index in [4.69, 9.17) is 0 Å². The molecule has 0 bridgehead atoms. The van der Waals surface area contributed by atoms with Crippen molar-refractivity contribution >= 4 is 33.2 Å². The van der Waals surface area contributed by atoms with Gasteiger partial charge in [-0.1, -0.05) is 0 Å². The monoisotopic (exact) mass is 302 g/mol. The van der Waals surface area contributed by atoms with E-state index in [2.05, 4.69) is 20.9 Å². The third-order valence-corrected chi connectivity index (χ3v) is 5.14. The van der Waals surface area contributed by atoms with Gasteiger partial charge in [0.25, 0.3) is 0 Å². The number of likely N-dealkylation sites (tertiary alicyclic amines) is 1. The Hall–Kier alpha value is -0.420. The summed E-state index contributed by atoms with van der Waals surface area (Å²) < 4.78 is 1.11. The van der Waals surface area contributed by atoms with Gasteiger partial charge < -0.3 is 4.90 Å². The van der Waals surface area contributed by atoms with Crippen LogP contribution in [0.1, 0.15) is 36.4 Å². The molecule has 1 saturated heterocycles. The van der Waals surface area contributed by atoms with Crippen molar-refractivity contribution in [1.29, 1.82) is 0 Å². The molecule has 1 fully saturated rings. The van der Waals surface area contributed by atoms with E-state index >= 15 is 0 Å². The predicted molar refractivity (Wildman–Crippen MR) is 68.8 cm³/mol. The van der Waals surface area contributed by atoms with Gasteiger partial charge in [-0.05, 0) is 35.7 Å². The van der Waals surface area contributed by atoms with Gasteiger partial charge in [0.15, 0.2) is 0 Å². The highest BCUT2D eigenvalue weighted by atomic mass is 79.9. The molecule has 2 heterocycles. The molecule has 0 unspecified atom stereocenters. The number of hydrogen-bond donors (Lipinski definition) is 0. The van der Waals surface area contributed by atoms with Crippen molar-refractivity contribution in [1.82, 2.24) is 9.88 Å². The molecule has 1 amide bonds. The SMILES string of the molecule is CC(=O)N1CCC[C@H](c2nc(C)c(Br)s2)C1. The van der Waals surface area contributed by atoms with Gasteiger partial charge in [0, 0.05) is 25.9 Å². The third kappa shape index (κ3) is 2.46. The molecule has 5 heteroatoms. The van der Waals surface area contributed by atoms with Crippen molar-refractivity contribution in [3.05, 3.63) is 14.5 Å². The number of nitrogens with zero attached hydrogens (tertiary/aromatic N) is 2. The predicted octanol–water partition coefficient (Wildman–Crippen LogP) is 2.94. The van der Waals surface area contributed by atoms with E-state index in [9.17, 15) is 4.79 Å². The minimum atomic E-state index is 0.178. The number of piperidine rings is 1. The first kappa shape index (κ1) is 12.0. The van der Waals surface area contributed by atoms with E-state index < -0.39 is 0 Å². The number of carbonyl (C=O) groups is 1. The summed E-state index contributed by atoms with van der Waals surface area (Å²) in [5, 5.41) is 1.16. The van der Waals surface area contributed by atoms with Gasteiger partial charge in [0.2, 0.25) is 5.91 Å². The van der Waals surface area contributed by atoms with Crippen molar-refractivity contribution in [2.45, 2.75) is 32.6 Å². The highest BCUT2D eigenvalue weighted by Gasteiger charge is 2.25.